The highest BCUT2D eigenvalue weighted by atomic mass is 35.5. The van der Waals surface area contributed by atoms with Crippen molar-refractivity contribution in [3.05, 3.63) is 107 Å². The summed E-state index contributed by atoms with van der Waals surface area (Å²) in [5.41, 5.74) is 9.55. The van der Waals surface area contributed by atoms with Crippen LogP contribution in [0.5, 0.6) is 11.6 Å². The fourth-order valence-corrected chi connectivity index (χ4v) is 6.04. The van der Waals surface area contributed by atoms with Crippen molar-refractivity contribution in [1.29, 1.82) is 0 Å². The molecule has 4 aromatic rings. The first kappa shape index (κ1) is 32.8. The zero-order chi connectivity index (χ0) is 30.4. The molecule has 0 unspecified atom stereocenters. The molecule has 0 radical (unpaired) electrons. The smallest absolute Gasteiger partial charge is 0.326 e. The average Bonchev–Trinajstić information content (AvgIpc) is 2.98. The summed E-state index contributed by atoms with van der Waals surface area (Å²) in [6, 6.07) is 25.4. The van der Waals surface area contributed by atoms with Gasteiger partial charge in [0.1, 0.15) is 5.75 Å². The second kappa shape index (κ2) is 14.6. The molecule has 1 aliphatic heterocycles. The zero-order valence-corrected chi connectivity index (χ0v) is 25.4. The minimum atomic E-state index is -3.09. The molecule has 0 saturated carbocycles. The van der Waals surface area contributed by atoms with Gasteiger partial charge < -0.3 is 15.8 Å². The lowest BCUT2D eigenvalue weighted by Crippen LogP contribution is -2.49. The molecule has 1 aliphatic rings. The van der Waals surface area contributed by atoms with Crippen molar-refractivity contribution in [2.75, 3.05) is 35.3 Å². The summed E-state index contributed by atoms with van der Waals surface area (Å²) in [5.74, 6) is 1.05. The molecular weight excluding hydrogens is 598 g/mol. The number of likely N-dealkylation sites (tertiary alicyclic amines) is 1. The molecule has 2 heterocycles. The first-order chi connectivity index (χ1) is 20.6. The summed E-state index contributed by atoms with van der Waals surface area (Å²) < 4.78 is 28.8. The van der Waals surface area contributed by atoms with Gasteiger partial charge >= 0.3 is 6.03 Å². The molecular formula is C33H38ClN5O4S. The van der Waals surface area contributed by atoms with Crippen LogP contribution in [0, 0.1) is 0 Å². The van der Waals surface area contributed by atoms with E-state index in [4.69, 9.17) is 22.1 Å². The van der Waals surface area contributed by atoms with E-state index < -0.39 is 9.84 Å². The third-order valence-corrected chi connectivity index (χ3v) is 8.40. The van der Waals surface area contributed by atoms with E-state index in [1.807, 2.05) is 47.4 Å². The molecule has 2 amide bonds. The van der Waals surface area contributed by atoms with Crippen LogP contribution in [0.2, 0.25) is 5.02 Å². The Hall–Kier alpha value is -4.12. The minimum Gasteiger partial charge on any atom is -0.439 e. The van der Waals surface area contributed by atoms with Gasteiger partial charge in [0.05, 0.1) is 16.5 Å². The largest absolute Gasteiger partial charge is 0.439 e. The number of ether oxygens (including phenoxy) is 1. The minimum absolute atomic E-state index is 0. The van der Waals surface area contributed by atoms with E-state index in [1.165, 1.54) is 6.26 Å². The maximum absolute atomic E-state index is 13.5. The quantitative estimate of drug-likeness (QED) is 0.190. The van der Waals surface area contributed by atoms with Crippen molar-refractivity contribution >= 4 is 44.5 Å². The lowest BCUT2D eigenvalue weighted by Gasteiger charge is -2.38. The fraction of sp³-hybridized carbons (Fsp3) is 0.273. The van der Waals surface area contributed by atoms with Gasteiger partial charge in [0.25, 0.3) is 0 Å². The van der Waals surface area contributed by atoms with Gasteiger partial charge in [-0.3, -0.25) is 9.80 Å². The van der Waals surface area contributed by atoms with E-state index in [2.05, 4.69) is 15.2 Å². The van der Waals surface area contributed by atoms with Crippen LogP contribution in [0.1, 0.15) is 31.4 Å². The van der Waals surface area contributed by atoms with Crippen molar-refractivity contribution in [2.24, 2.45) is 0 Å². The number of amides is 2. The van der Waals surface area contributed by atoms with Crippen LogP contribution in [0.25, 0.3) is 0 Å². The lowest BCUT2D eigenvalue weighted by atomic mass is 10.0. The van der Waals surface area contributed by atoms with Crippen LogP contribution < -0.4 is 20.7 Å². The molecule has 5 rings (SSSR count). The zero-order valence-electron chi connectivity index (χ0n) is 23.8. The van der Waals surface area contributed by atoms with Crippen molar-refractivity contribution in [2.45, 2.75) is 38.6 Å². The number of aromatic nitrogens is 1. The Morgan fingerprint density at radius 2 is 1.70 bits per heavy atom. The molecule has 0 bridgehead atoms. The van der Waals surface area contributed by atoms with Gasteiger partial charge in [-0.1, -0.05) is 55.4 Å². The number of nitrogen functional groups attached to an aromatic ring is 1. The number of nitrogens with two attached hydrogens (primary N) is 1. The standard InChI is InChI=1S/C32H34ClN5O4S.CH4/c1-43(40,41)22-23-7-11-28(12-8-23)42-31-14-9-24(20-35-31)21-37-17-15-27(16-18-37)38(26-5-3-2-4-6-26)32(39)36-25-10-13-29(33)30(34)19-25;/h2-14,19-20,27H,15-18,21-22,34H2,1H3,(H,36,39);1H4. The number of carbonyl (C=O) groups is 1. The Labute approximate surface area is 264 Å². The first-order valence-electron chi connectivity index (χ1n) is 13.9. The van der Waals surface area contributed by atoms with E-state index in [9.17, 15) is 13.2 Å². The van der Waals surface area contributed by atoms with Crippen LogP contribution in [0.4, 0.5) is 21.9 Å². The predicted octanol–water partition coefficient (Wildman–Crippen LogP) is 6.99. The highest BCUT2D eigenvalue weighted by Gasteiger charge is 2.29. The van der Waals surface area contributed by atoms with Crippen molar-refractivity contribution < 1.29 is 17.9 Å². The molecule has 0 aliphatic carbocycles. The molecule has 1 saturated heterocycles. The molecule has 44 heavy (non-hydrogen) atoms. The summed E-state index contributed by atoms with van der Waals surface area (Å²) in [4.78, 5) is 22.1. The molecule has 3 N–H and O–H groups in total. The van der Waals surface area contributed by atoms with Crippen LogP contribution in [0.3, 0.4) is 0 Å². The molecule has 0 spiro atoms. The molecule has 1 aromatic heterocycles. The number of para-hydroxylation sites is 1. The number of nitrogens with one attached hydrogen (secondary N) is 1. The van der Waals surface area contributed by atoms with Crippen LogP contribution in [0.15, 0.2) is 91.1 Å². The summed E-state index contributed by atoms with van der Waals surface area (Å²) in [5, 5.41) is 3.43. The molecule has 3 aromatic carbocycles. The molecule has 232 valence electrons. The fourth-order valence-electron chi connectivity index (χ4n) is 5.12. The Morgan fingerprint density at radius 3 is 2.32 bits per heavy atom. The van der Waals surface area contributed by atoms with Crippen molar-refractivity contribution in [3.63, 3.8) is 0 Å². The van der Waals surface area contributed by atoms with Crippen LogP contribution in [-0.2, 0) is 22.1 Å². The van der Waals surface area contributed by atoms with Crippen molar-refractivity contribution in [3.8, 4) is 11.6 Å². The SMILES string of the molecule is C.CS(=O)(=O)Cc1ccc(Oc2ccc(CN3CCC(N(C(=O)Nc4ccc(Cl)c(N)c4)c4ccccc4)CC3)cn2)cc1. The van der Waals surface area contributed by atoms with Gasteiger partial charge in [0.15, 0.2) is 9.84 Å². The number of carbonyl (C=O) groups excluding carboxylic acids is 1. The van der Waals surface area contributed by atoms with Crippen LogP contribution in [-0.4, -0.2) is 49.7 Å². The van der Waals surface area contributed by atoms with Gasteiger partial charge in [-0.25, -0.2) is 18.2 Å². The number of piperidine rings is 1. The van der Waals surface area contributed by atoms with E-state index in [0.717, 1.165) is 43.7 Å². The second-order valence-electron chi connectivity index (χ2n) is 10.7. The average molecular weight is 636 g/mol. The molecule has 11 heteroatoms. The first-order valence-corrected chi connectivity index (χ1v) is 16.4. The topological polar surface area (TPSA) is 118 Å². The number of hydrogen-bond donors (Lipinski definition) is 2. The van der Waals surface area contributed by atoms with Crippen molar-refractivity contribution in [1.82, 2.24) is 9.88 Å². The van der Waals surface area contributed by atoms with E-state index in [0.29, 0.717) is 33.6 Å². The number of anilines is 3. The van der Waals surface area contributed by atoms with Gasteiger partial charge in [-0.2, -0.15) is 0 Å². The van der Waals surface area contributed by atoms with E-state index >= 15 is 0 Å². The number of rotatable bonds is 9. The van der Waals surface area contributed by atoms with Crippen LogP contribution >= 0.6 is 11.6 Å². The van der Waals surface area contributed by atoms with Gasteiger partial charge in [-0.15, -0.1) is 0 Å². The maximum Gasteiger partial charge on any atom is 0.326 e. The highest BCUT2D eigenvalue weighted by Crippen LogP contribution is 2.28. The Morgan fingerprint density at radius 1 is 1.02 bits per heavy atom. The van der Waals surface area contributed by atoms with E-state index in [-0.39, 0.29) is 25.3 Å². The lowest BCUT2D eigenvalue weighted by molar-refractivity contribution is 0.199. The number of sulfone groups is 1. The molecule has 0 atom stereocenters. The van der Waals surface area contributed by atoms with E-state index in [1.54, 1.807) is 48.7 Å². The Balaban J connectivity index is 0.00000442. The third-order valence-electron chi connectivity index (χ3n) is 7.20. The second-order valence-corrected chi connectivity index (χ2v) is 13.2. The normalized spacial score (nSPS) is 14.0. The highest BCUT2D eigenvalue weighted by molar-refractivity contribution is 7.89. The number of pyridine rings is 1. The summed E-state index contributed by atoms with van der Waals surface area (Å²) in [6.07, 6.45) is 4.65. The van der Waals surface area contributed by atoms with Gasteiger partial charge in [0.2, 0.25) is 5.88 Å². The van der Waals surface area contributed by atoms with Gasteiger partial charge in [-0.05, 0) is 66.4 Å². The maximum atomic E-state index is 13.5. The predicted molar refractivity (Wildman–Crippen MR) is 178 cm³/mol. The number of nitrogens with zero attached hydrogens (tertiary/aromatic N) is 3. The number of halogens is 1. The molecule has 9 nitrogen and oxygen atoms in total. The molecule has 1 fully saturated rings. The summed E-state index contributed by atoms with van der Waals surface area (Å²) >= 11 is 6.05. The number of urea groups is 1. The Bertz CT molecular complexity index is 1640. The van der Waals surface area contributed by atoms with Gasteiger partial charge in [0, 0.05) is 55.6 Å². The summed E-state index contributed by atoms with van der Waals surface area (Å²) in [6.45, 7) is 2.39. The third kappa shape index (κ3) is 8.95. The number of hydrogen-bond acceptors (Lipinski definition) is 7. The monoisotopic (exact) mass is 635 g/mol. The Kier molecular flexibility index (Phi) is 10.9. The number of benzene rings is 3. The summed E-state index contributed by atoms with van der Waals surface area (Å²) in [7, 11) is -3.09.